The Labute approximate surface area is 151 Å². The van der Waals surface area contributed by atoms with Crippen molar-refractivity contribution in [2.24, 2.45) is 0 Å². The lowest BCUT2D eigenvalue weighted by Gasteiger charge is -2.13. The molecule has 0 atom stereocenters. The molecule has 2 aromatic carbocycles. The number of alkyl halides is 3. The number of aryl methyl sites for hydroxylation is 2. The molecule has 142 valence electrons. The summed E-state index contributed by atoms with van der Waals surface area (Å²) in [7, 11) is 0. The van der Waals surface area contributed by atoms with Gasteiger partial charge in [0.25, 0.3) is 0 Å². The van der Waals surface area contributed by atoms with Gasteiger partial charge in [0.1, 0.15) is 5.82 Å². The summed E-state index contributed by atoms with van der Waals surface area (Å²) in [6.07, 6.45) is -6.19. The number of amides is 1. The molecule has 2 rings (SSSR count). The highest BCUT2D eigenvalue weighted by Crippen LogP contribution is 2.34. The highest BCUT2D eigenvalue weighted by atomic mass is 35.5. The molecule has 0 fully saturated rings. The predicted octanol–water partition coefficient (Wildman–Crippen LogP) is 5.34. The summed E-state index contributed by atoms with van der Waals surface area (Å²) in [6, 6.07) is 4.73. The van der Waals surface area contributed by atoms with Crippen LogP contribution in [0.1, 0.15) is 22.3 Å². The van der Waals surface area contributed by atoms with Crippen LogP contribution in [0, 0.1) is 31.3 Å². The Hall–Kier alpha value is -2.22. The largest absolute Gasteiger partial charge is 0.419 e. The second-order valence-corrected chi connectivity index (χ2v) is 5.53. The van der Waals surface area contributed by atoms with Crippen LogP contribution in [0.2, 0.25) is 0 Å². The van der Waals surface area contributed by atoms with E-state index in [0.29, 0.717) is 5.69 Å². The zero-order chi connectivity index (χ0) is 18.9. The molecule has 1 amide bonds. The van der Waals surface area contributed by atoms with Gasteiger partial charge in [-0.3, -0.25) is 4.79 Å². The molecule has 0 unspecified atom stereocenters. The van der Waals surface area contributed by atoms with Crippen molar-refractivity contribution in [1.82, 2.24) is 0 Å². The third-order valence-electron chi connectivity index (χ3n) is 3.69. The van der Waals surface area contributed by atoms with Gasteiger partial charge in [0.15, 0.2) is 11.6 Å². The monoisotopic (exact) mass is 397 g/mol. The smallest absolute Gasteiger partial charge is 0.326 e. The van der Waals surface area contributed by atoms with E-state index >= 15 is 0 Å². The van der Waals surface area contributed by atoms with E-state index in [2.05, 4.69) is 5.32 Å². The minimum absolute atomic E-state index is 0. The molecule has 0 heterocycles. The Kier molecular flexibility index (Phi) is 6.70. The van der Waals surface area contributed by atoms with E-state index in [-0.39, 0.29) is 18.5 Å². The molecule has 9 heteroatoms. The molecule has 1 N–H and O–H groups in total. The van der Waals surface area contributed by atoms with Crippen molar-refractivity contribution < 1.29 is 31.1 Å². The van der Waals surface area contributed by atoms with Crippen molar-refractivity contribution >= 4 is 24.0 Å². The molecule has 0 radical (unpaired) electrons. The third-order valence-corrected chi connectivity index (χ3v) is 3.69. The molecule has 2 aromatic rings. The van der Waals surface area contributed by atoms with Crippen LogP contribution in [-0.2, 0) is 17.4 Å². The lowest BCUT2D eigenvalue weighted by Crippen LogP contribution is -2.19. The van der Waals surface area contributed by atoms with E-state index in [9.17, 15) is 31.1 Å². The first-order chi connectivity index (χ1) is 11.5. The summed E-state index contributed by atoms with van der Waals surface area (Å²) < 4.78 is 78.6. The van der Waals surface area contributed by atoms with Gasteiger partial charge in [-0.05, 0) is 43.2 Å². The molecule has 2 nitrogen and oxygen atoms in total. The number of halogens is 7. The lowest BCUT2D eigenvalue weighted by molar-refractivity contribution is -0.140. The zero-order valence-corrected chi connectivity index (χ0v) is 14.4. The maximum Gasteiger partial charge on any atom is 0.419 e. The summed E-state index contributed by atoms with van der Waals surface area (Å²) in [5, 5.41) is 2.36. The number of anilines is 1. The quantitative estimate of drug-likeness (QED) is 0.549. The fourth-order valence-corrected chi connectivity index (χ4v) is 2.19. The molecule has 0 spiro atoms. The lowest BCUT2D eigenvalue weighted by atomic mass is 10.0. The van der Waals surface area contributed by atoms with Gasteiger partial charge in [0, 0.05) is 11.3 Å². The standard InChI is InChI=1S/C17H13F6NO.ClH/c1-8-3-4-10(5-9(8)2)24-14(25)6-11-13(18)7-12(17(21,22)23)16(20)15(11)19;/h3-5,7H,6H2,1-2H3,(H,24,25);1H. The summed E-state index contributed by atoms with van der Waals surface area (Å²) in [4.78, 5) is 11.9. The maximum atomic E-state index is 13.8. The molecule has 0 aromatic heterocycles. The van der Waals surface area contributed by atoms with Crippen molar-refractivity contribution in [2.75, 3.05) is 5.32 Å². The minimum atomic E-state index is -5.24. The van der Waals surface area contributed by atoms with Crippen molar-refractivity contribution in [1.29, 1.82) is 0 Å². The topological polar surface area (TPSA) is 29.1 Å². The van der Waals surface area contributed by atoms with Crippen molar-refractivity contribution in [3.05, 3.63) is 64.0 Å². The van der Waals surface area contributed by atoms with Gasteiger partial charge in [-0.25, -0.2) is 13.2 Å². The molecule has 0 saturated carbocycles. The van der Waals surface area contributed by atoms with E-state index in [4.69, 9.17) is 0 Å². The molecule has 26 heavy (non-hydrogen) atoms. The van der Waals surface area contributed by atoms with Crippen molar-refractivity contribution in [3.8, 4) is 0 Å². The van der Waals surface area contributed by atoms with E-state index in [1.807, 2.05) is 6.92 Å². The van der Waals surface area contributed by atoms with Crippen LogP contribution in [0.25, 0.3) is 0 Å². The number of hydrogen-bond acceptors (Lipinski definition) is 1. The van der Waals surface area contributed by atoms with Gasteiger partial charge in [-0.2, -0.15) is 13.2 Å². The van der Waals surface area contributed by atoms with Gasteiger partial charge < -0.3 is 5.32 Å². The summed E-state index contributed by atoms with van der Waals surface area (Å²) in [5.41, 5.74) is -0.954. The molecular weight excluding hydrogens is 384 g/mol. The van der Waals surface area contributed by atoms with Crippen molar-refractivity contribution in [2.45, 2.75) is 26.4 Å². The fourth-order valence-electron chi connectivity index (χ4n) is 2.19. The second-order valence-electron chi connectivity index (χ2n) is 5.53. The van der Waals surface area contributed by atoms with Crippen LogP contribution in [0.4, 0.5) is 32.0 Å². The first-order valence-corrected chi connectivity index (χ1v) is 7.11. The normalized spacial score (nSPS) is 11.1. The third kappa shape index (κ3) is 4.69. The van der Waals surface area contributed by atoms with E-state index in [1.54, 1.807) is 25.1 Å². The maximum absolute atomic E-state index is 13.8. The van der Waals surface area contributed by atoms with Gasteiger partial charge in [0.05, 0.1) is 12.0 Å². The molecule has 0 aliphatic heterocycles. The van der Waals surface area contributed by atoms with Gasteiger partial charge in [0.2, 0.25) is 5.91 Å². The van der Waals surface area contributed by atoms with E-state index < -0.39 is 47.1 Å². The number of hydrogen-bond donors (Lipinski definition) is 1. The van der Waals surface area contributed by atoms with Crippen LogP contribution in [0.5, 0.6) is 0 Å². The first-order valence-electron chi connectivity index (χ1n) is 7.11. The Morgan fingerprint density at radius 1 is 1.00 bits per heavy atom. The van der Waals surface area contributed by atoms with Crippen LogP contribution < -0.4 is 5.32 Å². The Morgan fingerprint density at radius 3 is 2.15 bits per heavy atom. The van der Waals surface area contributed by atoms with Crippen LogP contribution in [-0.4, -0.2) is 5.91 Å². The number of rotatable bonds is 3. The molecule has 0 bridgehead atoms. The zero-order valence-electron chi connectivity index (χ0n) is 13.6. The number of nitrogens with one attached hydrogen (secondary N) is 1. The SMILES string of the molecule is Cc1ccc(NC(=O)Cc2c(F)cc(C(F)(F)F)c(F)c2F)cc1C.Cl. The van der Waals surface area contributed by atoms with Gasteiger partial charge in [-0.15, -0.1) is 12.4 Å². The highest BCUT2D eigenvalue weighted by molar-refractivity contribution is 5.92. The van der Waals surface area contributed by atoms with Gasteiger partial charge in [-0.1, -0.05) is 6.07 Å². The van der Waals surface area contributed by atoms with Crippen molar-refractivity contribution in [3.63, 3.8) is 0 Å². The first kappa shape index (κ1) is 21.8. The minimum Gasteiger partial charge on any atom is -0.326 e. The Morgan fingerprint density at radius 2 is 1.62 bits per heavy atom. The van der Waals surface area contributed by atoms with Crippen LogP contribution in [0.3, 0.4) is 0 Å². The highest BCUT2D eigenvalue weighted by Gasteiger charge is 2.37. The van der Waals surface area contributed by atoms with Crippen LogP contribution in [0.15, 0.2) is 24.3 Å². The van der Waals surface area contributed by atoms with E-state index in [1.165, 1.54) is 0 Å². The molecule has 0 aliphatic rings. The summed E-state index contributed by atoms with van der Waals surface area (Å²) >= 11 is 0. The van der Waals surface area contributed by atoms with E-state index in [0.717, 1.165) is 11.1 Å². The number of carbonyl (C=O) groups excluding carboxylic acids is 1. The summed E-state index contributed by atoms with van der Waals surface area (Å²) in [5.74, 6) is -6.79. The predicted molar refractivity (Wildman–Crippen MR) is 86.8 cm³/mol. The molecular formula is C17H14ClF6NO. The second kappa shape index (κ2) is 7.99. The van der Waals surface area contributed by atoms with Gasteiger partial charge >= 0.3 is 6.18 Å². The average molecular weight is 398 g/mol. The Balaban J connectivity index is 0.00000338. The summed E-state index contributed by atoms with van der Waals surface area (Å²) in [6.45, 7) is 3.63. The Bertz CT molecular complexity index is 835. The molecule has 0 aliphatic carbocycles. The number of benzene rings is 2. The number of carbonyl (C=O) groups is 1. The van der Waals surface area contributed by atoms with Crippen LogP contribution >= 0.6 is 12.4 Å². The average Bonchev–Trinajstić information content (AvgIpc) is 2.50. The molecule has 0 saturated heterocycles. The fraction of sp³-hybridized carbons (Fsp3) is 0.235.